The molecule has 2 N–H and O–H groups in total. The highest BCUT2D eigenvalue weighted by atomic mass is 16.3. The summed E-state index contributed by atoms with van der Waals surface area (Å²) in [6.07, 6.45) is 5.52. The average molecular weight is 313 g/mol. The van der Waals surface area contributed by atoms with Crippen molar-refractivity contribution < 1.29 is 14.1 Å². The molecule has 1 aliphatic heterocycles. The van der Waals surface area contributed by atoms with Crippen LogP contribution >= 0.6 is 0 Å². The Hall–Kier alpha value is -2.07. The highest BCUT2D eigenvalue weighted by Crippen LogP contribution is 2.12. The minimum absolute atomic E-state index is 0.00364. The maximum atomic E-state index is 12.5. The molecule has 4 heteroatoms. The molecule has 4 nitrogen and oxygen atoms in total. The zero-order valence-electron chi connectivity index (χ0n) is 13.7. The molecular weight excluding hydrogens is 288 g/mol. The topological polar surface area (TPSA) is 46.7 Å². The van der Waals surface area contributed by atoms with E-state index in [0.29, 0.717) is 6.54 Å². The molecule has 1 aromatic heterocycles. The number of rotatable bonds is 5. The Morgan fingerprint density at radius 1 is 1.17 bits per heavy atom. The van der Waals surface area contributed by atoms with Crippen LogP contribution in [0.3, 0.4) is 0 Å². The van der Waals surface area contributed by atoms with E-state index >= 15 is 0 Å². The van der Waals surface area contributed by atoms with Gasteiger partial charge in [-0.05, 0) is 49.9 Å². The van der Waals surface area contributed by atoms with Crippen LogP contribution in [0.15, 0.2) is 47.1 Å². The minimum atomic E-state index is -0.00364. The fourth-order valence-corrected chi connectivity index (χ4v) is 3.41. The van der Waals surface area contributed by atoms with E-state index in [0.717, 1.165) is 30.0 Å². The van der Waals surface area contributed by atoms with E-state index in [1.54, 1.807) is 6.26 Å². The van der Waals surface area contributed by atoms with Gasteiger partial charge < -0.3 is 14.6 Å². The van der Waals surface area contributed by atoms with Crippen molar-refractivity contribution in [1.29, 1.82) is 0 Å². The van der Waals surface area contributed by atoms with Crippen LogP contribution in [0.25, 0.3) is 0 Å². The Balaban J connectivity index is 1.69. The van der Waals surface area contributed by atoms with Crippen LogP contribution in [-0.2, 0) is 0 Å². The molecule has 1 atom stereocenters. The van der Waals surface area contributed by atoms with Crippen molar-refractivity contribution in [3.63, 3.8) is 0 Å². The van der Waals surface area contributed by atoms with Gasteiger partial charge in [-0.2, -0.15) is 0 Å². The molecule has 2 aromatic rings. The van der Waals surface area contributed by atoms with Crippen LogP contribution in [-0.4, -0.2) is 25.5 Å². The van der Waals surface area contributed by atoms with E-state index in [4.69, 9.17) is 4.42 Å². The van der Waals surface area contributed by atoms with Crippen molar-refractivity contribution >= 4 is 5.91 Å². The second-order valence-corrected chi connectivity index (χ2v) is 6.31. The molecule has 0 spiro atoms. The molecule has 1 amide bonds. The van der Waals surface area contributed by atoms with Gasteiger partial charge in [0.15, 0.2) is 11.8 Å². The Labute approximate surface area is 137 Å². The van der Waals surface area contributed by atoms with Gasteiger partial charge in [-0.25, -0.2) is 0 Å². The third-order valence-electron chi connectivity index (χ3n) is 4.73. The monoisotopic (exact) mass is 313 g/mol. The fourth-order valence-electron chi connectivity index (χ4n) is 3.41. The largest absolute Gasteiger partial charge is 0.463 e. The second kappa shape index (κ2) is 7.47. The molecule has 0 unspecified atom stereocenters. The van der Waals surface area contributed by atoms with Gasteiger partial charge in [-0.3, -0.25) is 4.79 Å². The first-order valence-corrected chi connectivity index (χ1v) is 8.47. The van der Waals surface area contributed by atoms with Crippen molar-refractivity contribution in [2.45, 2.75) is 32.2 Å². The summed E-state index contributed by atoms with van der Waals surface area (Å²) in [5.41, 5.74) is 1.75. The molecule has 0 aliphatic carbocycles. The standard InChI is InChI=1S/C19H24N2O2/c1-15-8-3-4-9-16(15)19(22)20-14-17(18-10-7-13-23-18)21-11-5-2-6-12-21/h3-4,7-10,13,17H,2,5-6,11-12,14H2,1H3,(H,20,22)/p+1/t17-/m1/s1. The van der Waals surface area contributed by atoms with Crippen LogP contribution < -0.4 is 10.2 Å². The molecule has 0 radical (unpaired) electrons. The lowest BCUT2D eigenvalue weighted by Gasteiger charge is -2.30. The maximum absolute atomic E-state index is 12.5. The van der Waals surface area contributed by atoms with Crippen molar-refractivity contribution in [1.82, 2.24) is 5.32 Å². The molecule has 1 aliphatic rings. The van der Waals surface area contributed by atoms with Crippen LogP contribution in [0.4, 0.5) is 0 Å². The first-order chi connectivity index (χ1) is 11.3. The molecule has 1 aromatic carbocycles. The maximum Gasteiger partial charge on any atom is 0.251 e. The van der Waals surface area contributed by atoms with E-state index in [2.05, 4.69) is 5.32 Å². The number of likely N-dealkylation sites (tertiary alicyclic amines) is 1. The summed E-state index contributed by atoms with van der Waals surface area (Å²) in [4.78, 5) is 14.0. The van der Waals surface area contributed by atoms with Crippen LogP contribution in [0.5, 0.6) is 0 Å². The number of quaternary nitrogens is 1. The molecule has 2 heterocycles. The van der Waals surface area contributed by atoms with Crippen LogP contribution in [0, 0.1) is 6.92 Å². The summed E-state index contributed by atoms with van der Waals surface area (Å²) in [5, 5.41) is 3.11. The highest BCUT2D eigenvalue weighted by Gasteiger charge is 2.28. The lowest BCUT2D eigenvalue weighted by Crippen LogP contribution is -3.13. The summed E-state index contributed by atoms with van der Waals surface area (Å²) >= 11 is 0. The molecule has 0 bridgehead atoms. The Kier molecular flexibility index (Phi) is 5.13. The van der Waals surface area contributed by atoms with Gasteiger partial charge in [0, 0.05) is 5.56 Å². The third-order valence-corrected chi connectivity index (χ3v) is 4.73. The number of carbonyl (C=O) groups is 1. The van der Waals surface area contributed by atoms with Gasteiger partial charge in [0.05, 0.1) is 25.9 Å². The number of amides is 1. The molecule has 1 fully saturated rings. The fraction of sp³-hybridized carbons (Fsp3) is 0.421. The summed E-state index contributed by atoms with van der Waals surface area (Å²) < 4.78 is 5.64. The number of carbonyl (C=O) groups excluding carboxylic acids is 1. The third kappa shape index (κ3) is 3.82. The molecule has 1 saturated heterocycles. The van der Waals surface area contributed by atoms with Crippen LogP contribution in [0.1, 0.15) is 47.0 Å². The summed E-state index contributed by atoms with van der Waals surface area (Å²) in [7, 11) is 0. The van der Waals surface area contributed by atoms with Crippen molar-refractivity contribution in [2.24, 2.45) is 0 Å². The number of nitrogens with one attached hydrogen (secondary N) is 2. The van der Waals surface area contributed by atoms with Crippen molar-refractivity contribution in [3.8, 4) is 0 Å². The number of hydrogen-bond donors (Lipinski definition) is 2. The first-order valence-electron chi connectivity index (χ1n) is 8.47. The second-order valence-electron chi connectivity index (χ2n) is 6.31. The van der Waals surface area contributed by atoms with Gasteiger partial charge in [0.1, 0.15) is 0 Å². The molecular formula is C19H25N2O2+. The first kappa shape index (κ1) is 15.8. The number of hydrogen-bond acceptors (Lipinski definition) is 2. The van der Waals surface area contributed by atoms with Gasteiger partial charge >= 0.3 is 0 Å². The quantitative estimate of drug-likeness (QED) is 0.888. The predicted octanol–water partition coefficient (Wildman–Crippen LogP) is 2.13. The van der Waals surface area contributed by atoms with Crippen LogP contribution in [0.2, 0.25) is 0 Å². The van der Waals surface area contributed by atoms with E-state index < -0.39 is 0 Å². The minimum Gasteiger partial charge on any atom is -0.463 e. The number of benzene rings is 1. The van der Waals surface area contributed by atoms with Gasteiger partial charge in [0.2, 0.25) is 0 Å². The summed E-state index contributed by atoms with van der Waals surface area (Å²) in [6.45, 7) is 4.86. The SMILES string of the molecule is Cc1ccccc1C(=O)NC[C@H](c1ccco1)[NH+]1CCCCC1. The van der Waals surface area contributed by atoms with E-state index in [9.17, 15) is 4.79 Å². The lowest BCUT2D eigenvalue weighted by atomic mass is 10.1. The highest BCUT2D eigenvalue weighted by molar-refractivity contribution is 5.95. The van der Waals surface area contributed by atoms with E-state index in [1.807, 2.05) is 43.3 Å². The summed E-state index contributed by atoms with van der Waals surface area (Å²) in [5.74, 6) is 0.961. The molecule has 0 saturated carbocycles. The smallest absolute Gasteiger partial charge is 0.251 e. The zero-order chi connectivity index (χ0) is 16.1. The lowest BCUT2D eigenvalue weighted by molar-refractivity contribution is -0.936. The molecule has 23 heavy (non-hydrogen) atoms. The average Bonchev–Trinajstić information content (AvgIpc) is 3.10. The van der Waals surface area contributed by atoms with Crippen molar-refractivity contribution in [2.75, 3.05) is 19.6 Å². The summed E-state index contributed by atoms with van der Waals surface area (Å²) in [6, 6.07) is 11.8. The predicted molar refractivity (Wildman–Crippen MR) is 89.5 cm³/mol. The number of aryl methyl sites for hydroxylation is 1. The van der Waals surface area contributed by atoms with Crippen molar-refractivity contribution in [3.05, 3.63) is 59.5 Å². The van der Waals surface area contributed by atoms with Gasteiger partial charge in [0.25, 0.3) is 5.91 Å². The zero-order valence-corrected chi connectivity index (χ0v) is 13.7. The Bertz CT molecular complexity index is 631. The Morgan fingerprint density at radius 3 is 2.65 bits per heavy atom. The Morgan fingerprint density at radius 2 is 1.96 bits per heavy atom. The van der Waals surface area contributed by atoms with E-state index in [-0.39, 0.29) is 11.9 Å². The normalized spacial score (nSPS) is 16.9. The number of piperidine rings is 1. The van der Waals surface area contributed by atoms with Gasteiger partial charge in [-0.1, -0.05) is 18.2 Å². The van der Waals surface area contributed by atoms with Gasteiger partial charge in [-0.15, -0.1) is 0 Å². The van der Waals surface area contributed by atoms with E-state index in [1.165, 1.54) is 24.2 Å². The number of furan rings is 1. The molecule has 3 rings (SSSR count). The molecule has 122 valence electrons.